The number of halogens is 1. The van der Waals surface area contributed by atoms with Gasteiger partial charge in [0, 0.05) is 16.1 Å². The Morgan fingerprint density at radius 1 is 1.38 bits per heavy atom. The molecule has 0 radical (unpaired) electrons. The van der Waals surface area contributed by atoms with Crippen molar-refractivity contribution in [1.29, 1.82) is 0 Å². The van der Waals surface area contributed by atoms with Gasteiger partial charge in [-0.3, -0.25) is 10.4 Å². The molecule has 1 amide bonds. The minimum absolute atomic E-state index is 0.412. The predicted molar refractivity (Wildman–Crippen MR) is 86.0 cm³/mol. The van der Waals surface area contributed by atoms with Crippen LogP contribution in [-0.2, 0) is 4.74 Å². The molecule has 0 aliphatic heterocycles. The maximum Gasteiger partial charge on any atom is 0.412 e. The smallest absolute Gasteiger partial charge is 0.412 e. The molecule has 2 aromatic rings. The molecule has 1 aromatic carbocycles. The fourth-order valence-electron chi connectivity index (χ4n) is 1.69. The van der Waals surface area contributed by atoms with Gasteiger partial charge >= 0.3 is 6.09 Å². The van der Waals surface area contributed by atoms with Gasteiger partial charge in [0.25, 0.3) is 0 Å². The summed E-state index contributed by atoms with van der Waals surface area (Å²) in [5.41, 5.74) is 7.28. The number of H-pyrrole nitrogens is 1. The van der Waals surface area contributed by atoms with Crippen molar-refractivity contribution in [2.24, 2.45) is 0 Å². The highest BCUT2D eigenvalue weighted by Crippen LogP contribution is 2.29. The van der Waals surface area contributed by atoms with E-state index in [-0.39, 0.29) is 0 Å². The number of amides is 1. The van der Waals surface area contributed by atoms with E-state index in [4.69, 9.17) is 10.5 Å². The van der Waals surface area contributed by atoms with Crippen LogP contribution < -0.4 is 11.1 Å². The highest BCUT2D eigenvalue weighted by atomic mass is 79.9. The summed E-state index contributed by atoms with van der Waals surface area (Å²) in [4.78, 5) is 11.8. The van der Waals surface area contributed by atoms with Crippen molar-refractivity contribution in [2.75, 3.05) is 11.1 Å². The molecule has 21 heavy (non-hydrogen) atoms. The third kappa shape index (κ3) is 4.22. The van der Waals surface area contributed by atoms with Crippen molar-refractivity contribution in [1.82, 2.24) is 10.2 Å². The Bertz CT molecular complexity index is 661. The van der Waals surface area contributed by atoms with E-state index in [9.17, 15) is 4.79 Å². The number of nitrogens with two attached hydrogens (primary N) is 1. The minimum atomic E-state index is -0.550. The Morgan fingerprint density at radius 3 is 2.67 bits per heavy atom. The summed E-state index contributed by atoms with van der Waals surface area (Å²) in [6, 6.07) is 7.25. The molecule has 0 fully saturated rings. The SMILES string of the molecule is CC(C)(C)OC(=O)Nc1cc(-c2cc(N)n[nH]2)ccc1Br. The largest absolute Gasteiger partial charge is 0.444 e. The Labute approximate surface area is 131 Å². The third-order valence-electron chi connectivity index (χ3n) is 2.51. The molecule has 0 saturated carbocycles. The van der Waals surface area contributed by atoms with E-state index < -0.39 is 11.7 Å². The number of anilines is 2. The van der Waals surface area contributed by atoms with Crippen molar-refractivity contribution in [3.8, 4) is 11.3 Å². The number of aromatic nitrogens is 2. The van der Waals surface area contributed by atoms with E-state index in [2.05, 4.69) is 31.4 Å². The first-order chi connectivity index (χ1) is 9.74. The molecule has 1 aromatic heterocycles. The Balaban J connectivity index is 2.22. The molecule has 0 unspecified atom stereocenters. The summed E-state index contributed by atoms with van der Waals surface area (Å²) in [6.07, 6.45) is -0.510. The van der Waals surface area contributed by atoms with Crippen LogP contribution in [0.1, 0.15) is 20.8 Å². The number of ether oxygens (including phenoxy) is 1. The molecule has 112 valence electrons. The molecule has 0 aliphatic rings. The van der Waals surface area contributed by atoms with Crippen LogP contribution in [0.5, 0.6) is 0 Å². The first-order valence-electron chi connectivity index (χ1n) is 6.35. The average molecular weight is 353 g/mol. The highest BCUT2D eigenvalue weighted by Gasteiger charge is 2.17. The number of hydrogen-bond acceptors (Lipinski definition) is 4. The summed E-state index contributed by atoms with van der Waals surface area (Å²) in [6.45, 7) is 5.43. The van der Waals surface area contributed by atoms with Crippen LogP contribution in [0.25, 0.3) is 11.3 Å². The number of nitrogens with one attached hydrogen (secondary N) is 2. The van der Waals surface area contributed by atoms with E-state index in [1.165, 1.54) is 0 Å². The van der Waals surface area contributed by atoms with Crippen LogP contribution in [0, 0.1) is 0 Å². The molecule has 0 saturated heterocycles. The van der Waals surface area contributed by atoms with Gasteiger partial charge in [0.15, 0.2) is 0 Å². The molecular weight excluding hydrogens is 336 g/mol. The second-order valence-corrected chi connectivity index (χ2v) is 6.38. The fourth-order valence-corrected chi connectivity index (χ4v) is 2.03. The van der Waals surface area contributed by atoms with Crippen molar-refractivity contribution in [3.05, 3.63) is 28.7 Å². The van der Waals surface area contributed by atoms with Crippen LogP contribution in [0.3, 0.4) is 0 Å². The predicted octanol–water partition coefficient (Wildman–Crippen LogP) is 3.77. The van der Waals surface area contributed by atoms with Gasteiger partial charge in [-0.2, -0.15) is 5.10 Å². The number of carbonyl (C=O) groups is 1. The van der Waals surface area contributed by atoms with Crippen LogP contribution >= 0.6 is 15.9 Å². The fraction of sp³-hybridized carbons (Fsp3) is 0.286. The number of benzene rings is 1. The number of hydrogen-bond donors (Lipinski definition) is 3. The Morgan fingerprint density at radius 2 is 2.10 bits per heavy atom. The Hall–Kier alpha value is -2.02. The number of nitrogens with zero attached hydrogens (tertiary/aromatic N) is 1. The van der Waals surface area contributed by atoms with Crippen molar-refractivity contribution >= 4 is 33.5 Å². The quantitative estimate of drug-likeness (QED) is 0.766. The van der Waals surface area contributed by atoms with E-state index >= 15 is 0 Å². The van der Waals surface area contributed by atoms with Crippen LogP contribution in [-0.4, -0.2) is 21.9 Å². The maximum atomic E-state index is 11.8. The summed E-state index contributed by atoms with van der Waals surface area (Å²) in [7, 11) is 0. The molecule has 0 aliphatic carbocycles. The van der Waals surface area contributed by atoms with E-state index in [0.717, 1.165) is 15.7 Å². The molecule has 0 atom stereocenters. The standard InChI is InChI=1S/C14H17BrN4O2/c1-14(2,3)21-13(20)17-11-6-8(4-5-9(11)15)10-7-12(16)19-18-10/h4-7H,1-3H3,(H,17,20)(H3,16,18,19). The first-order valence-corrected chi connectivity index (χ1v) is 7.15. The van der Waals surface area contributed by atoms with Gasteiger partial charge in [-0.15, -0.1) is 0 Å². The maximum absolute atomic E-state index is 11.8. The number of rotatable bonds is 2. The number of nitrogen functional groups attached to an aromatic ring is 1. The lowest BCUT2D eigenvalue weighted by Gasteiger charge is -2.20. The van der Waals surface area contributed by atoms with Gasteiger partial charge in [-0.05, 0) is 48.8 Å². The zero-order chi connectivity index (χ0) is 15.6. The molecule has 0 bridgehead atoms. The molecule has 2 rings (SSSR count). The molecule has 7 heteroatoms. The van der Waals surface area contributed by atoms with E-state index in [1.54, 1.807) is 12.1 Å². The zero-order valence-electron chi connectivity index (χ0n) is 12.0. The van der Waals surface area contributed by atoms with E-state index in [0.29, 0.717) is 11.5 Å². The number of carbonyl (C=O) groups excluding carboxylic acids is 1. The first kappa shape index (κ1) is 15.4. The molecular formula is C14H17BrN4O2. The monoisotopic (exact) mass is 352 g/mol. The minimum Gasteiger partial charge on any atom is -0.444 e. The van der Waals surface area contributed by atoms with Gasteiger partial charge in [0.1, 0.15) is 11.4 Å². The second kappa shape index (κ2) is 5.77. The van der Waals surface area contributed by atoms with Gasteiger partial charge in [0.05, 0.1) is 11.4 Å². The lowest BCUT2D eigenvalue weighted by Crippen LogP contribution is -2.27. The molecule has 1 heterocycles. The second-order valence-electron chi connectivity index (χ2n) is 5.53. The van der Waals surface area contributed by atoms with Gasteiger partial charge in [-0.1, -0.05) is 6.07 Å². The normalized spacial score (nSPS) is 11.2. The third-order valence-corrected chi connectivity index (χ3v) is 3.20. The van der Waals surface area contributed by atoms with E-state index in [1.807, 2.05) is 32.9 Å². The zero-order valence-corrected chi connectivity index (χ0v) is 13.6. The van der Waals surface area contributed by atoms with Crippen LogP contribution in [0.4, 0.5) is 16.3 Å². The topological polar surface area (TPSA) is 93.0 Å². The van der Waals surface area contributed by atoms with Gasteiger partial charge < -0.3 is 10.5 Å². The summed E-state index contributed by atoms with van der Waals surface area (Å²) >= 11 is 3.40. The van der Waals surface area contributed by atoms with Crippen molar-refractivity contribution < 1.29 is 9.53 Å². The van der Waals surface area contributed by atoms with Crippen molar-refractivity contribution in [3.63, 3.8) is 0 Å². The van der Waals surface area contributed by atoms with Gasteiger partial charge in [0.2, 0.25) is 0 Å². The summed E-state index contributed by atoms with van der Waals surface area (Å²) in [5.74, 6) is 0.412. The summed E-state index contributed by atoms with van der Waals surface area (Å²) in [5, 5.41) is 9.42. The lowest BCUT2D eigenvalue weighted by molar-refractivity contribution is 0.0636. The molecule has 6 nitrogen and oxygen atoms in total. The highest BCUT2D eigenvalue weighted by molar-refractivity contribution is 9.10. The lowest BCUT2D eigenvalue weighted by atomic mass is 10.1. The average Bonchev–Trinajstić information content (AvgIpc) is 2.76. The summed E-state index contributed by atoms with van der Waals surface area (Å²) < 4.78 is 5.99. The van der Waals surface area contributed by atoms with Gasteiger partial charge in [-0.25, -0.2) is 4.79 Å². The van der Waals surface area contributed by atoms with Crippen LogP contribution in [0.2, 0.25) is 0 Å². The molecule has 4 N–H and O–H groups in total. The Kier molecular flexibility index (Phi) is 4.22. The van der Waals surface area contributed by atoms with Crippen LogP contribution in [0.15, 0.2) is 28.7 Å². The van der Waals surface area contributed by atoms with Crippen molar-refractivity contribution in [2.45, 2.75) is 26.4 Å². The molecule has 0 spiro atoms. The number of aromatic amines is 1.